The summed E-state index contributed by atoms with van der Waals surface area (Å²) < 4.78 is 20.8. The quantitative estimate of drug-likeness (QED) is 0.278. The van der Waals surface area contributed by atoms with Gasteiger partial charge in [0.1, 0.15) is 17.3 Å². The fourth-order valence-electron chi connectivity index (χ4n) is 5.48. The number of nitrogens with two attached hydrogens (primary N) is 1. The first-order chi connectivity index (χ1) is 19.4. The first-order valence-electron chi connectivity index (χ1n) is 13.2. The lowest BCUT2D eigenvalue weighted by molar-refractivity contribution is -0.125. The van der Waals surface area contributed by atoms with E-state index in [9.17, 15) is 4.79 Å². The van der Waals surface area contributed by atoms with Crippen molar-refractivity contribution in [1.82, 2.24) is 39.0 Å². The number of hydrogen-bond donors (Lipinski definition) is 1. The summed E-state index contributed by atoms with van der Waals surface area (Å²) in [7, 11) is 1.84. The van der Waals surface area contributed by atoms with Gasteiger partial charge in [-0.1, -0.05) is 12.5 Å². The number of fused-ring (bicyclic) bond motifs is 2. The number of aryl methyl sites for hydroxylation is 1. The van der Waals surface area contributed by atoms with E-state index >= 15 is 4.39 Å². The van der Waals surface area contributed by atoms with Gasteiger partial charge in [0.05, 0.1) is 45.6 Å². The Bertz CT molecular complexity index is 1900. The number of pyridine rings is 1. The van der Waals surface area contributed by atoms with Crippen molar-refractivity contribution in [2.24, 2.45) is 7.05 Å². The zero-order valence-electron chi connectivity index (χ0n) is 21.9. The van der Waals surface area contributed by atoms with Crippen molar-refractivity contribution in [2.45, 2.75) is 31.3 Å². The van der Waals surface area contributed by atoms with Crippen LogP contribution < -0.4 is 5.73 Å². The van der Waals surface area contributed by atoms with Gasteiger partial charge in [0.2, 0.25) is 5.91 Å². The molecule has 0 radical (unpaired) electrons. The average Bonchev–Trinajstić information content (AvgIpc) is 3.30. The molecule has 1 aromatic carbocycles. The van der Waals surface area contributed by atoms with E-state index in [1.807, 2.05) is 28.6 Å². The predicted molar refractivity (Wildman–Crippen MR) is 149 cm³/mol. The van der Waals surface area contributed by atoms with E-state index in [4.69, 9.17) is 10.8 Å². The van der Waals surface area contributed by atoms with Gasteiger partial charge in [0.15, 0.2) is 0 Å². The van der Waals surface area contributed by atoms with Crippen LogP contribution in [-0.2, 0) is 11.8 Å². The number of likely N-dealkylation sites (tertiary alicyclic amines) is 1. The molecule has 200 valence electrons. The summed E-state index contributed by atoms with van der Waals surface area (Å²) in [6.07, 6.45) is 9.48. The Labute approximate surface area is 228 Å². The number of hydrogen-bond acceptors (Lipinski definition) is 6. The smallest absolute Gasteiger partial charge is 0.246 e. The molecule has 1 amide bonds. The molecule has 2 fully saturated rings. The third kappa shape index (κ3) is 3.91. The molecule has 1 atom stereocenters. The standard InChI is InChI=1S/C29H26FN9O/c1-3-26(40)37-11-8-19(15-37)39-28-20(22-9-10-36(2)34-22)14-32-29(31)27(28)23(35-39)7-4-17-12-24-25(13-21(17)30)38(16-33-24)18-5-6-18/h3,9-10,12-14,16,18-19H,1,5-6,8,11,15H2,2H3,(H2,31,32)/t19-/m0/s1. The highest BCUT2D eigenvalue weighted by atomic mass is 19.1. The van der Waals surface area contributed by atoms with Crippen LogP contribution in [0.1, 0.15) is 42.6 Å². The maximum Gasteiger partial charge on any atom is 0.246 e. The van der Waals surface area contributed by atoms with E-state index < -0.39 is 5.82 Å². The number of nitrogen functional groups attached to an aromatic ring is 1. The third-order valence-corrected chi connectivity index (χ3v) is 7.66. The van der Waals surface area contributed by atoms with E-state index in [2.05, 4.69) is 33.5 Å². The van der Waals surface area contributed by atoms with Crippen LogP contribution in [0.25, 0.3) is 33.2 Å². The topological polar surface area (TPSA) is 113 Å². The molecule has 40 heavy (non-hydrogen) atoms. The second-order valence-corrected chi connectivity index (χ2v) is 10.3. The monoisotopic (exact) mass is 535 g/mol. The van der Waals surface area contributed by atoms with E-state index in [-0.39, 0.29) is 23.3 Å². The Morgan fingerprint density at radius 1 is 1.18 bits per heavy atom. The van der Waals surface area contributed by atoms with Crippen molar-refractivity contribution < 1.29 is 9.18 Å². The summed E-state index contributed by atoms with van der Waals surface area (Å²) in [4.78, 5) is 22.9. The van der Waals surface area contributed by atoms with Gasteiger partial charge in [0, 0.05) is 50.2 Å². The van der Waals surface area contributed by atoms with Crippen LogP contribution in [-0.4, -0.2) is 58.0 Å². The van der Waals surface area contributed by atoms with Gasteiger partial charge in [-0.05, 0) is 43.4 Å². The lowest BCUT2D eigenvalue weighted by Gasteiger charge is -2.16. The average molecular weight is 536 g/mol. The Kier molecular flexibility index (Phi) is 5.45. The van der Waals surface area contributed by atoms with Crippen molar-refractivity contribution in [3.05, 3.63) is 66.6 Å². The number of halogens is 1. The van der Waals surface area contributed by atoms with Gasteiger partial charge in [-0.3, -0.25) is 14.2 Å². The molecule has 0 unspecified atom stereocenters. The Balaban J connectivity index is 1.37. The van der Waals surface area contributed by atoms with E-state index in [0.29, 0.717) is 47.8 Å². The third-order valence-electron chi connectivity index (χ3n) is 7.66. The number of rotatable bonds is 4. The van der Waals surface area contributed by atoms with Crippen LogP contribution in [0.5, 0.6) is 0 Å². The van der Waals surface area contributed by atoms with E-state index in [1.54, 1.807) is 28.2 Å². The SMILES string of the molecule is C=CC(=O)N1CC[C@H](n2nc(C#Cc3cc4ncn(C5CC5)c4cc3F)c3c(N)ncc(-c4ccn(C)n4)c32)C1. The number of nitrogens with zero attached hydrogens (tertiary/aromatic N) is 8. The predicted octanol–water partition coefficient (Wildman–Crippen LogP) is 3.60. The number of carbonyl (C=O) groups excluding carboxylic acids is 1. The van der Waals surface area contributed by atoms with Gasteiger partial charge >= 0.3 is 0 Å². The summed E-state index contributed by atoms with van der Waals surface area (Å²) in [5, 5.41) is 10.0. The fraction of sp³-hybridized carbons (Fsp3) is 0.276. The highest BCUT2D eigenvalue weighted by Gasteiger charge is 2.31. The zero-order valence-corrected chi connectivity index (χ0v) is 21.9. The molecule has 5 heterocycles. The minimum Gasteiger partial charge on any atom is -0.383 e. The second kappa shape index (κ2) is 9.05. The largest absolute Gasteiger partial charge is 0.383 e. The van der Waals surface area contributed by atoms with Gasteiger partial charge in [-0.25, -0.2) is 14.4 Å². The van der Waals surface area contributed by atoms with Crippen LogP contribution >= 0.6 is 0 Å². The molecule has 0 spiro atoms. The van der Waals surface area contributed by atoms with E-state index in [0.717, 1.165) is 29.4 Å². The molecule has 10 nitrogen and oxygen atoms in total. The summed E-state index contributed by atoms with van der Waals surface area (Å²) in [5.41, 5.74) is 10.7. The second-order valence-electron chi connectivity index (χ2n) is 10.3. The molecule has 4 aromatic heterocycles. The molecule has 0 bridgehead atoms. The number of amides is 1. The number of aromatic nitrogens is 7. The highest BCUT2D eigenvalue weighted by Crippen LogP contribution is 2.38. The molecular weight excluding hydrogens is 509 g/mol. The molecule has 1 saturated heterocycles. The van der Waals surface area contributed by atoms with Crippen LogP contribution in [0.2, 0.25) is 0 Å². The zero-order chi connectivity index (χ0) is 27.5. The number of carbonyl (C=O) groups is 1. The number of benzene rings is 1. The first kappa shape index (κ1) is 24.1. The molecule has 11 heteroatoms. The molecule has 2 N–H and O–H groups in total. The highest BCUT2D eigenvalue weighted by molar-refractivity contribution is 6.01. The molecule has 2 aliphatic rings. The number of imidazole rings is 1. The maximum atomic E-state index is 15.2. The van der Waals surface area contributed by atoms with Crippen molar-refractivity contribution in [1.29, 1.82) is 0 Å². The molecular formula is C29H26FN9O. The van der Waals surface area contributed by atoms with Crippen molar-refractivity contribution >= 4 is 33.7 Å². The summed E-state index contributed by atoms with van der Waals surface area (Å²) in [6, 6.07) is 5.34. The number of anilines is 1. The summed E-state index contributed by atoms with van der Waals surface area (Å²) in [5.74, 6) is 5.76. The van der Waals surface area contributed by atoms with Crippen LogP contribution in [0, 0.1) is 17.7 Å². The lowest BCUT2D eigenvalue weighted by Crippen LogP contribution is -2.27. The Morgan fingerprint density at radius 3 is 2.77 bits per heavy atom. The van der Waals surface area contributed by atoms with Crippen LogP contribution in [0.4, 0.5) is 10.2 Å². The fourth-order valence-corrected chi connectivity index (χ4v) is 5.48. The van der Waals surface area contributed by atoms with Gasteiger partial charge in [0.25, 0.3) is 0 Å². The van der Waals surface area contributed by atoms with Crippen LogP contribution in [0.3, 0.4) is 0 Å². The van der Waals surface area contributed by atoms with Gasteiger partial charge in [-0.2, -0.15) is 10.2 Å². The van der Waals surface area contributed by atoms with Crippen molar-refractivity contribution in [3.8, 4) is 23.1 Å². The Morgan fingerprint density at radius 2 is 2.02 bits per heavy atom. The minimum atomic E-state index is -0.416. The molecule has 5 aromatic rings. The van der Waals surface area contributed by atoms with Crippen molar-refractivity contribution in [2.75, 3.05) is 18.8 Å². The van der Waals surface area contributed by atoms with Gasteiger partial charge < -0.3 is 15.2 Å². The molecule has 1 aliphatic carbocycles. The normalized spacial score (nSPS) is 16.9. The maximum absolute atomic E-state index is 15.2. The summed E-state index contributed by atoms with van der Waals surface area (Å²) in [6.45, 7) is 4.66. The first-order valence-corrected chi connectivity index (χ1v) is 13.2. The van der Waals surface area contributed by atoms with Gasteiger partial charge in [-0.15, -0.1) is 0 Å². The lowest BCUT2D eigenvalue weighted by atomic mass is 10.1. The molecule has 1 saturated carbocycles. The van der Waals surface area contributed by atoms with Crippen molar-refractivity contribution in [3.63, 3.8) is 0 Å². The van der Waals surface area contributed by atoms with Crippen LogP contribution in [0.15, 0.2) is 49.6 Å². The Hall–Kier alpha value is -4.98. The minimum absolute atomic E-state index is 0.120. The van der Waals surface area contributed by atoms with E-state index in [1.165, 1.54) is 12.1 Å². The molecule has 1 aliphatic heterocycles. The molecule has 7 rings (SSSR count). The summed E-state index contributed by atoms with van der Waals surface area (Å²) >= 11 is 0.